The van der Waals surface area contributed by atoms with Gasteiger partial charge in [-0.1, -0.05) is 19.1 Å². The molecule has 5 heteroatoms. The Hall–Kier alpha value is -1.85. The van der Waals surface area contributed by atoms with Crippen molar-refractivity contribution in [2.24, 2.45) is 5.92 Å². The van der Waals surface area contributed by atoms with Crippen molar-refractivity contribution in [2.75, 3.05) is 26.2 Å². The van der Waals surface area contributed by atoms with Crippen LogP contribution in [0.15, 0.2) is 36.9 Å². The summed E-state index contributed by atoms with van der Waals surface area (Å²) >= 11 is 0. The summed E-state index contributed by atoms with van der Waals surface area (Å²) in [5, 5.41) is 10.4. The van der Waals surface area contributed by atoms with Gasteiger partial charge in [-0.2, -0.15) is 0 Å². The standard InChI is InChI=1S/C20H29N3O2/c1-15-4-5-17(3)20(10-15)25-13-18(24)11-22-8-6-16(2)19(12-22)23-9-7-21-14-23/h4-5,7,9-10,14,16,18-19,24H,6,8,11-13H2,1-3H3. The van der Waals surface area contributed by atoms with Crippen LogP contribution in [-0.2, 0) is 0 Å². The quantitative estimate of drug-likeness (QED) is 0.876. The molecule has 3 unspecified atom stereocenters. The first-order valence-electron chi connectivity index (χ1n) is 9.11. The van der Waals surface area contributed by atoms with Gasteiger partial charge in [0.05, 0.1) is 6.33 Å². The first-order chi connectivity index (χ1) is 12.0. The number of aromatic nitrogens is 2. The summed E-state index contributed by atoms with van der Waals surface area (Å²) in [6.07, 6.45) is 6.40. The molecule has 3 atom stereocenters. The lowest BCUT2D eigenvalue weighted by Gasteiger charge is -2.38. The van der Waals surface area contributed by atoms with Gasteiger partial charge in [0, 0.05) is 31.5 Å². The fourth-order valence-corrected chi connectivity index (χ4v) is 3.53. The Balaban J connectivity index is 1.52. The average Bonchev–Trinajstić information content (AvgIpc) is 3.12. The molecule has 0 aliphatic carbocycles. The number of aliphatic hydroxyl groups is 1. The van der Waals surface area contributed by atoms with Gasteiger partial charge in [0.1, 0.15) is 18.5 Å². The predicted octanol–water partition coefficient (Wildman–Crippen LogP) is 2.82. The minimum absolute atomic E-state index is 0.325. The predicted molar refractivity (Wildman–Crippen MR) is 98.9 cm³/mol. The lowest BCUT2D eigenvalue weighted by molar-refractivity contribution is 0.0425. The van der Waals surface area contributed by atoms with Crippen LogP contribution in [-0.4, -0.2) is 51.9 Å². The number of nitrogens with zero attached hydrogens (tertiary/aromatic N) is 3. The zero-order chi connectivity index (χ0) is 17.8. The number of hydrogen-bond donors (Lipinski definition) is 1. The topological polar surface area (TPSA) is 50.5 Å². The second-order valence-electron chi connectivity index (χ2n) is 7.34. The van der Waals surface area contributed by atoms with E-state index < -0.39 is 6.10 Å². The molecule has 136 valence electrons. The van der Waals surface area contributed by atoms with Gasteiger partial charge >= 0.3 is 0 Å². The molecule has 1 aromatic carbocycles. The zero-order valence-corrected chi connectivity index (χ0v) is 15.4. The van der Waals surface area contributed by atoms with Gasteiger partial charge in [0.25, 0.3) is 0 Å². The molecule has 0 saturated carbocycles. The molecule has 3 rings (SSSR count). The SMILES string of the molecule is Cc1ccc(C)c(OCC(O)CN2CCC(C)C(n3ccnc3)C2)c1. The van der Waals surface area contributed by atoms with Crippen LogP contribution >= 0.6 is 0 Å². The van der Waals surface area contributed by atoms with Crippen molar-refractivity contribution in [2.45, 2.75) is 39.3 Å². The summed E-state index contributed by atoms with van der Waals surface area (Å²) in [6, 6.07) is 6.57. The van der Waals surface area contributed by atoms with E-state index in [1.54, 1.807) is 0 Å². The molecule has 0 radical (unpaired) electrons. The van der Waals surface area contributed by atoms with Gasteiger partial charge in [0.15, 0.2) is 0 Å². The molecule has 5 nitrogen and oxygen atoms in total. The molecule has 2 aromatic rings. The van der Waals surface area contributed by atoms with Crippen molar-refractivity contribution in [3.05, 3.63) is 48.0 Å². The second kappa shape index (κ2) is 8.02. The lowest BCUT2D eigenvalue weighted by atomic mass is 9.93. The Bertz CT molecular complexity index is 672. The number of ether oxygens (including phenoxy) is 1. The molecule has 0 amide bonds. The monoisotopic (exact) mass is 343 g/mol. The smallest absolute Gasteiger partial charge is 0.122 e. The van der Waals surface area contributed by atoms with Crippen molar-refractivity contribution in [3.63, 3.8) is 0 Å². The largest absolute Gasteiger partial charge is 0.491 e. The summed E-state index contributed by atoms with van der Waals surface area (Å²) in [7, 11) is 0. The summed E-state index contributed by atoms with van der Waals surface area (Å²) in [5.41, 5.74) is 2.27. The molecule has 1 aromatic heterocycles. The normalized spacial score (nSPS) is 22.7. The third-order valence-corrected chi connectivity index (χ3v) is 5.15. The molecular formula is C20H29N3O2. The van der Waals surface area contributed by atoms with Crippen molar-refractivity contribution in [3.8, 4) is 5.75 Å². The summed E-state index contributed by atoms with van der Waals surface area (Å²) in [6.45, 7) is 9.30. The Morgan fingerprint density at radius 3 is 2.96 bits per heavy atom. The van der Waals surface area contributed by atoms with Crippen molar-refractivity contribution in [1.82, 2.24) is 14.5 Å². The molecular weight excluding hydrogens is 314 g/mol. The minimum Gasteiger partial charge on any atom is -0.491 e. The van der Waals surface area contributed by atoms with E-state index in [4.69, 9.17) is 4.74 Å². The van der Waals surface area contributed by atoms with Gasteiger partial charge in [-0.05, 0) is 49.9 Å². The molecule has 1 aliphatic rings. The molecule has 25 heavy (non-hydrogen) atoms. The molecule has 1 N–H and O–H groups in total. The van der Waals surface area contributed by atoms with Crippen LogP contribution in [0.25, 0.3) is 0 Å². The van der Waals surface area contributed by atoms with E-state index in [1.807, 2.05) is 38.6 Å². The summed E-state index contributed by atoms with van der Waals surface area (Å²) < 4.78 is 8.04. The van der Waals surface area contributed by atoms with Crippen LogP contribution in [0.1, 0.15) is 30.5 Å². The number of β-amino-alcohol motifs (C(OH)–C–C–N with tert-alkyl or cyclic N) is 1. The number of benzene rings is 1. The number of piperidine rings is 1. The van der Waals surface area contributed by atoms with E-state index in [1.165, 1.54) is 5.56 Å². The van der Waals surface area contributed by atoms with Crippen molar-refractivity contribution < 1.29 is 9.84 Å². The number of aryl methyl sites for hydroxylation is 2. The molecule has 1 aliphatic heterocycles. The highest BCUT2D eigenvalue weighted by Gasteiger charge is 2.28. The summed E-state index contributed by atoms with van der Waals surface area (Å²) in [5.74, 6) is 1.48. The summed E-state index contributed by atoms with van der Waals surface area (Å²) in [4.78, 5) is 6.51. The number of hydrogen-bond acceptors (Lipinski definition) is 4. The van der Waals surface area contributed by atoms with E-state index in [0.29, 0.717) is 25.1 Å². The highest BCUT2D eigenvalue weighted by molar-refractivity contribution is 5.35. The highest BCUT2D eigenvalue weighted by Crippen LogP contribution is 2.27. The first-order valence-corrected chi connectivity index (χ1v) is 9.11. The molecule has 0 spiro atoms. The maximum Gasteiger partial charge on any atom is 0.122 e. The maximum absolute atomic E-state index is 10.4. The minimum atomic E-state index is -0.489. The Labute approximate surface area is 150 Å². The molecule has 1 fully saturated rings. The van der Waals surface area contributed by atoms with Crippen molar-refractivity contribution >= 4 is 0 Å². The Morgan fingerprint density at radius 1 is 1.36 bits per heavy atom. The molecule has 1 saturated heterocycles. The van der Waals surface area contributed by atoms with Gasteiger partial charge in [-0.3, -0.25) is 4.90 Å². The van der Waals surface area contributed by atoms with Crippen LogP contribution in [0.3, 0.4) is 0 Å². The van der Waals surface area contributed by atoms with Gasteiger partial charge in [-0.25, -0.2) is 4.98 Å². The van der Waals surface area contributed by atoms with E-state index >= 15 is 0 Å². The van der Waals surface area contributed by atoms with E-state index in [2.05, 4.69) is 33.5 Å². The number of imidazole rings is 1. The van der Waals surface area contributed by atoms with E-state index in [-0.39, 0.29) is 0 Å². The van der Waals surface area contributed by atoms with Crippen LogP contribution in [0, 0.1) is 19.8 Å². The number of aliphatic hydroxyl groups excluding tert-OH is 1. The molecule has 2 heterocycles. The Morgan fingerprint density at radius 2 is 2.20 bits per heavy atom. The van der Waals surface area contributed by atoms with Crippen LogP contribution in [0.2, 0.25) is 0 Å². The Kier molecular flexibility index (Phi) is 5.76. The fraction of sp³-hybridized carbons (Fsp3) is 0.550. The lowest BCUT2D eigenvalue weighted by Crippen LogP contribution is -2.44. The van der Waals surface area contributed by atoms with Gasteiger partial charge < -0.3 is 14.4 Å². The molecule has 0 bridgehead atoms. The fourth-order valence-electron chi connectivity index (χ4n) is 3.53. The number of rotatable bonds is 6. The van der Waals surface area contributed by atoms with Gasteiger partial charge in [0.2, 0.25) is 0 Å². The van der Waals surface area contributed by atoms with Gasteiger partial charge in [-0.15, -0.1) is 0 Å². The highest BCUT2D eigenvalue weighted by atomic mass is 16.5. The third kappa shape index (κ3) is 4.61. The zero-order valence-electron chi connectivity index (χ0n) is 15.4. The van der Waals surface area contributed by atoms with Crippen LogP contribution in [0.4, 0.5) is 0 Å². The van der Waals surface area contributed by atoms with E-state index in [9.17, 15) is 5.11 Å². The second-order valence-corrected chi connectivity index (χ2v) is 7.34. The third-order valence-electron chi connectivity index (χ3n) is 5.15. The van der Waals surface area contributed by atoms with Crippen molar-refractivity contribution in [1.29, 1.82) is 0 Å². The van der Waals surface area contributed by atoms with Crippen LogP contribution in [0.5, 0.6) is 5.75 Å². The maximum atomic E-state index is 10.4. The average molecular weight is 343 g/mol. The van der Waals surface area contributed by atoms with E-state index in [0.717, 1.165) is 30.8 Å². The van der Waals surface area contributed by atoms with Crippen LogP contribution < -0.4 is 4.74 Å². The first kappa shape index (κ1) is 18.0. The number of likely N-dealkylation sites (tertiary alicyclic amines) is 1.